The standard InChI is InChI=1S/C69H113FN9O24P3Si/c1-68(2,3)107(70,69(4,5)6)56-24-21-49(22-25-56)64(91)73-44-57(58(82)42-51(66(94)95)16-10-9-12-19-54(80)18-11-7-8-13-20-59(83)71-30-15-14-17-50(65(92)93)40-55(81)41-52(67(96)97)23-26-61(85)86)79-45-53(74-75-79)43-72-60(84)27-37-104(98,99)46-76-31-33-77(47-105(100,101)38-28-62(87)88)35-36-78(34-32-76)48-106(102,103)39-29-63(89)90/h21-22,24-25,45,50-52,57H,7-20,23,26-44,46-48H2,1-6H3,(H,71,83)(H,72,84)(H,73,91)(H,85,86)(H,87,88)(H,89,90)(H,92,93)(H,94,95)(H,96,97)(H,98,99)(H,100,101)(H,102,103)/t50-,51+,52-,57+/m1/s1. The Bertz CT molecular complexity index is 3410. The number of nitrogens with zero attached hydrogens (tertiary/aromatic N) is 6. The van der Waals surface area contributed by atoms with Gasteiger partial charge in [-0.15, -0.1) is 5.10 Å². The summed E-state index contributed by atoms with van der Waals surface area (Å²) in [7, 11) is -16.0. The Hall–Kier alpha value is -6.80. The third-order valence-electron chi connectivity index (χ3n) is 18.9. The summed E-state index contributed by atoms with van der Waals surface area (Å²) >= 11 is 0. The van der Waals surface area contributed by atoms with Crippen LogP contribution in [0.2, 0.25) is 10.1 Å². The van der Waals surface area contributed by atoms with Gasteiger partial charge in [-0.1, -0.05) is 91.0 Å². The maximum atomic E-state index is 17.2. The van der Waals surface area contributed by atoms with E-state index in [0.29, 0.717) is 69.4 Å². The van der Waals surface area contributed by atoms with E-state index in [4.69, 9.17) is 15.3 Å². The quantitative estimate of drug-likeness (QED) is 0.0138. The van der Waals surface area contributed by atoms with Crippen molar-refractivity contribution in [2.24, 2.45) is 17.8 Å². The lowest BCUT2D eigenvalue weighted by Gasteiger charge is -2.44. The first-order valence-corrected chi connectivity index (χ1v) is 44.3. The van der Waals surface area contributed by atoms with Crippen molar-refractivity contribution in [1.29, 1.82) is 0 Å². The molecule has 1 saturated heterocycles. The maximum absolute atomic E-state index is 17.2. The number of ketones is 3. The number of rotatable bonds is 53. The van der Waals surface area contributed by atoms with E-state index < -0.39 is 212 Å². The second-order valence-corrected chi connectivity index (χ2v) is 42.2. The second kappa shape index (κ2) is 45.4. The van der Waals surface area contributed by atoms with Gasteiger partial charge in [-0.25, -0.2) is 4.68 Å². The van der Waals surface area contributed by atoms with Gasteiger partial charge >= 0.3 is 35.8 Å². The number of unbranched alkanes of at least 4 members (excludes halogenated alkanes) is 6. The maximum Gasteiger partial charge on any atom is 0.306 e. The molecule has 0 spiro atoms. The summed E-state index contributed by atoms with van der Waals surface area (Å²) in [5.41, 5.74) is 0.248. The Balaban J connectivity index is 1.60. The summed E-state index contributed by atoms with van der Waals surface area (Å²) in [6.07, 6.45) is 0.299. The molecule has 0 aliphatic carbocycles. The lowest BCUT2D eigenvalue weighted by Crippen LogP contribution is -2.57. The van der Waals surface area contributed by atoms with Crippen molar-refractivity contribution in [3.8, 4) is 0 Å². The minimum Gasteiger partial charge on any atom is -0.481 e. The zero-order chi connectivity index (χ0) is 80.5. The lowest BCUT2D eigenvalue weighted by molar-refractivity contribution is -0.146. The van der Waals surface area contributed by atoms with Crippen molar-refractivity contribution in [2.75, 3.05) is 89.7 Å². The molecule has 1 fully saturated rings. The number of carboxylic acid groups (broad SMARTS) is 6. The van der Waals surface area contributed by atoms with Crippen molar-refractivity contribution in [2.45, 2.75) is 205 Å². The Kier molecular flexibility index (Phi) is 40.0. The van der Waals surface area contributed by atoms with E-state index >= 15 is 4.11 Å². The van der Waals surface area contributed by atoms with Crippen molar-refractivity contribution in [3.63, 3.8) is 0 Å². The average Bonchev–Trinajstić information content (AvgIpc) is 1.30. The number of hydrogen-bond donors (Lipinski definition) is 12. The largest absolute Gasteiger partial charge is 0.481 e. The second-order valence-electron chi connectivity index (χ2n) is 30.0. The van der Waals surface area contributed by atoms with E-state index in [-0.39, 0.29) is 107 Å². The predicted octanol–water partition coefficient (Wildman–Crippen LogP) is 6.95. The van der Waals surface area contributed by atoms with Crippen LogP contribution >= 0.6 is 22.1 Å². The van der Waals surface area contributed by atoms with Gasteiger partial charge in [0.05, 0.1) is 62.2 Å². The van der Waals surface area contributed by atoms with E-state index in [1.54, 1.807) is 26.8 Å². The van der Waals surface area contributed by atoms with Gasteiger partial charge in [0, 0.05) is 128 Å². The molecule has 3 unspecified atom stereocenters. The van der Waals surface area contributed by atoms with Gasteiger partial charge in [0.2, 0.25) is 33.9 Å². The monoisotopic (exact) mass is 1590 g/mol. The summed E-state index contributed by atoms with van der Waals surface area (Å²) in [5, 5.41) is 71.7. The van der Waals surface area contributed by atoms with Gasteiger partial charge in [-0.2, -0.15) is 0 Å². The van der Waals surface area contributed by atoms with Crippen LogP contribution in [0.15, 0.2) is 30.5 Å². The number of carbonyl (C=O) groups is 12. The van der Waals surface area contributed by atoms with Gasteiger partial charge in [0.25, 0.3) is 14.3 Å². The number of benzene rings is 1. The number of nitrogens with one attached hydrogen (secondary N) is 3. The fourth-order valence-electron chi connectivity index (χ4n) is 12.9. The normalized spacial score (nSPS) is 16.5. The molecule has 7 atom stereocenters. The molecule has 2 aromatic rings. The highest BCUT2D eigenvalue weighted by molar-refractivity contribution is 7.58. The SMILES string of the molecule is CC(C)(C)[Si](F)(c1ccc(C(=O)NC[C@@H](C(=O)C[C@H](CCCCCC(=O)CCCCCCC(=O)NCCCC[C@H](CC(=O)C[C@@H](CCC(=O)O)C(=O)O)C(=O)O)C(=O)O)n2cc(CNC(=O)CCP(=O)(O)CN3CCN(CP(=O)(O)CCC(=O)O)CCN(CP(=O)(O)CCC(=O)O)CC3)nn2)cc1)C(C)(C)C. The Morgan fingerprint density at radius 2 is 0.907 bits per heavy atom. The smallest absolute Gasteiger partial charge is 0.306 e. The zero-order valence-electron chi connectivity index (χ0n) is 62.4. The van der Waals surface area contributed by atoms with Gasteiger partial charge in [0.15, 0.2) is 5.78 Å². The number of aromatic nitrogens is 3. The number of carbonyl (C=O) groups excluding carboxylic acids is 6. The number of amides is 3. The molecular formula is C69H113FN9O24P3Si. The van der Waals surface area contributed by atoms with Gasteiger partial charge in [-0.05, 0) is 72.3 Å². The van der Waals surface area contributed by atoms with Crippen LogP contribution in [0, 0.1) is 17.8 Å². The van der Waals surface area contributed by atoms with Gasteiger partial charge in [-0.3, -0.25) is 85.9 Å². The molecule has 1 aromatic heterocycles. The number of hydrogen-bond acceptors (Lipinski definition) is 20. The highest BCUT2D eigenvalue weighted by atomic mass is 31.2. The van der Waals surface area contributed by atoms with Crippen LogP contribution in [-0.2, 0) is 73.0 Å². The van der Waals surface area contributed by atoms with E-state index in [2.05, 4.69) is 26.3 Å². The third-order valence-corrected chi connectivity index (χ3v) is 29.4. The molecule has 0 radical (unpaired) electrons. The van der Waals surface area contributed by atoms with Crippen LogP contribution in [0.1, 0.15) is 205 Å². The molecule has 1 aromatic carbocycles. The Morgan fingerprint density at radius 1 is 0.495 bits per heavy atom. The minimum absolute atomic E-state index is 0.0119. The van der Waals surface area contributed by atoms with Crippen LogP contribution in [0.4, 0.5) is 4.11 Å². The van der Waals surface area contributed by atoms with Crippen molar-refractivity contribution in [1.82, 2.24) is 45.6 Å². The molecule has 2 heterocycles. The van der Waals surface area contributed by atoms with Crippen molar-refractivity contribution in [3.05, 3.63) is 41.7 Å². The molecule has 0 saturated carbocycles. The van der Waals surface area contributed by atoms with Gasteiger partial charge < -0.3 is 65.4 Å². The lowest BCUT2D eigenvalue weighted by atomic mass is 9.90. The molecule has 3 amide bonds. The Labute approximate surface area is 624 Å². The molecule has 33 nitrogen and oxygen atoms in total. The number of halogens is 1. The summed E-state index contributed by atoms with van der Waals surface area (Å²) in [4.78, 5) is 185. The van der Waals surface area contributed by atoms with E-state index in [0.717, 1.165) is 4.68 Å². The Morgan fingerprint density at radius 3 is 1.36 bits per heavy atom. The topological polar surface area (TPSA) is 515 Å². The third kappa shape index (κ3) is 36.5. The van der Waals surface area contributed by atoms with Gasteiger partial charge in [0.1, 0.15) is 23.3 Å². The fraction of sp³-hybridized carbons (Fsp3) is 0.710. The van der Waals surface area contributed by atoms with Crippen LogP contribution in [0.3, 0.4) is 0 Å². The average molecular weight is 1590 g/mol. The first kappa shape index (κ1) is 94.4. The molecule has 38 heteroatoms. The van der Waals surface area contributed by atoms with Crippen LogP contribution in [-0.4, -0.2) is 244 Å². The van der Waals surface area contributed by atoms with E-state index in [1.165, 1.54) is 18.3 Å². The van der Waals surface area contributed by atoms with Crippen molar-refractivity contribution < 1.29 is 121 Å². The summed E-state index contributed by atoms with van der Waals surface area (Å²) < 4.78 is 58.1. The van der Waals surface area contributed by atoms with Crippen LogP contribution in [0.25, 0.3) is 0 Å². The first-order valence-electron chi connectivity index (χ1n) is 36.3. The zero-order valence-corrected chi connectivity index (χ0v) is 66.1. The molecular weight excluding hydrogens is 1480 g/mol. The fourth-order valence-corrected chi connectivity index (χ4v) is 22.3. The summed E-state index contributed by atoms with van der Waals surface area (Å²) in [5.74, 6) is -13.8. The first-order chi connectivity index (χ1) is 49.8. The number of carboxylic acids is 6. The summed E-state index contributed by atoms with van der Waals surface area (Å²) in [6.45, 7) is 11.0. The molecule has 12 N–H and O–H groups in total. The highest BCUT2D eigenvalue weighted by Crippen LogP contribution is 2.51. The highest BCUT2D eigenvalue weighted by Gasteiger charge is 2.56. The van der Waals surface area contributed by atoms with Crippen LogP contribution < -0.4 is 21.1 Å². The molecule has 1 aliphatic rings. The predicted molar refractivity (Wildman–Crippen MR) is 395 cm³/mol. The summed E-state index contributed by atoms with van der Waals surface area (Å²) in [6, 6.07) is 4.82. The molecule has 3 rings (SSSR count). The van der Waals surface area contributed by atoms with E-state index in [9.17, 15) is 101 Å². The molecule has 107 heavy (non-hydrogen) atoms. The number of aliphatic carboxylic acids is 6. The number of Topliss-reactive ketones (excluding diaryl/α,β-unsaturated/α-hetero) is 3. The van der Waals surface area contributed by atoms with Crippen molar-refractivity contribution >= 4 is 107 Å². The molecule has 604 valence electrons. The van der Waals surface area contributed by atoms with E-state index in [1.807, 2.05) is 41.5 Å². The molecule has 0 bridgehead atoms. The van der Waals surface area contributed by atoms with Crippen LogP contribution in [0.5, 0.6) is 0 Å². The minimum atomic E-state index is -4.18. The molecule has 1 aliphatic heterocycles.